The third-order valence-corrected chi connectivity index (χ3v) is 5.60. The minimum atomic E-state index is 0.492. The molecule has 0 heterocycles. The lowest BCUT2D eigenvalue weighted by molar-refractivity contribution is 0.421. The average molecular weight is 254 g/mol. The van der Waals surface area contributed by atoms with E-state index in [4.69, 9.17) is 0 Å². The number of rotatable bonds is 1. The summed E-state index contributed by atoms with van der Waals surface area (Å²) in [7, 11) is 0. The van der Waals surface area contributed by atoms with Crippen molar-refractivity contribution in [2.24, 2.45) is 5.92 Å². The van der Waals surface area contributed by atoms with Gasteiger partial charge in [0.25, 0.3) is 0 Å². The Bertz CT molecular complexity index is 606. The van der Waals surface area contributed by atoms with Gasteiger partial charge in [0.2, 0.25) is 0 Å². The van der Waals surface area contributed by atoms with Gasteiger partial charge in [0.1, 0.15) is 0 Å². The first-order chi connectivity index (χ1) is 8.78. The number of benzene rings is 2. The van der Waals surface area contributed by atoms with Gasteiger partial charge in [0.05, 0.1) is 0 Å². The summed E-state index contributed by atoms with van der Waals surface area (Å²) in [5.74, 6) is 0.999. The van der Waals surface area contributed by atoms with E-state index in [0.29, 0.717) is 5.41 Å². The third kappa shape index (κ3) is 1.40. The lowest BCUT2D eigenvalue weighted by atomic mass is 9.76. The van der Waals surface area contributed by atoms with Crippen molar-refractivity contribution < 1.29 is 0 Å². The van der Waals surface area contributed by atoms with Gasteiger partial charge in [-0.05, 0) is 65.8 Å². The van der Waals surface area contributed by atoms with Crippen LogP contribution in [0.3, 0.4) is 0 Å². The van der Waals surface area contributed by atoms with E-state index in [1.807, 2.05) is 0 Å². The fourth-order valence-corrected chi connectivity index (χ4v) is 4.59. The smallest absolute Gasteiger partial charge is 0.0119 e. The lowest BCUT2D eigenvalue weighted by Crippen LogP contribution is -2.19. The Balaban J connectivity index is 1.98. The van der Waals surface area contributed by atoms with E-state index in [0.717, 1.165) is 10.8 Å². The van der Waals surface area contributed by atoms with Crippen molar-refractivity contribution in [1.82, 2.24) is 0 Å². The zero-order valence-corrected chi connectivity index (χ0v) is 11.4. The van der Waals surface area contributed by atoms with E-state index < -0.39 is 0 Å². The molecule has 0 unspecified atom stereocenters. The SMILES string of the molecule is Sc1ccc(C23CCC(CC2)C3)c2ccccc12. The van der Waals surface area contributed by atoms with E-state index in [-0.39, 0.29) is 0 Å². The van der Waals surface area contributed by atoms with Crippen molar-refractivity contribution in [3.8, 4) is 0 Å². The summed E-state index contributed by atoms with van der Waals surface area (Å²) in [6, 6.07) is 13.3. The minimum Gasteiger partial charge on any atom is -0.143 e. The van der Waals surface area contributed by atoms with Gasteiger partial charge in [0.15, 0.2) is 0 Å². The highest BCUT2D eigenvalue weighted by atomic mass is 32.1. The van der Waals surface area contributed by atoms with Crippen molar-refractivity contribution in [3.05, 3.63) is 42.0 Å². The number of fused-ring (bicyclic) bond motifs is 3. The molecule has 0 amide bonds. The minimum absolute atomic E-state index is 0.492. The van der Waals surface area contributed by atoms with E-state index in [1.54, 1.807) is 5.56 Å². The molecule has 0 N–H and O–H groups in total. The number of thiol groups is 1. The highest BCUT2D eigenvalue weighted by molar-refractivity contribution is 7.80. The van der Waals surface area contributed by atoms with Crippen molar-refractivity contribution >= 4 is 23.4 Å². The molecule has 0 nitrogen and oxygen atoms in total. The molecule has 92 valence electrons. The molecule has 18 heavy (non-hydrogen) atoms. The molecule has 0 atom stereocenters. The van der Waals surface area contributed by atoms with E-state index in [1.165, 1.54) is 42.9 Å². The van der Waals surface area contributed by atoms with Crippen molar-refractivity contribution in [1.29, 1.82) is 0 Å². The van der Waals surface area contributed by atoms with Gasteiger partial charge in [-0.1, -0.05) is 30.3 Å². The third-order valence-electron chi connectivity index (χ3n) is 5.21. The van der Waals surface area contributed by atoms with Crippen LogP contribution < -0.4 is 0 Å². The van der Waals surface area contributed by atoms with Gasteiger partial charge in [-0.2, -0.15) is 0 Å². The van der Waals surface area contributed by atoms with Gasteiger partial charge in [0, 0.05) is 4.90 Å². The Morgan fingerprint density at radius 3 is 2.33 bits per heavy atom. The second-order valence-electron chi connectivity index (χ2n) is 6.11. The molecule has 0 radical (unpaired) electrons. The molecule has 2 saturated carbocycles. The van der Waals surface area contributed by atoms with Crippen molar-refractivity contribution in [3.63, 3.8) is 0 Å². The summed E-state index contributed by atoms with van der Waals surface area (Å²) in [6.07, 6.45) is 7.10. The predicted octanol–water partition coefficient (Wildman–Crippen LogP) is 4.96. The van der Waals surface area contributed by atoms with E-state index >= 15 is 0 Å². The second-order valence-corrected chi connectivity index (χ2v) is 6.59. The summed E-state index contributed by atoms with van der Waals surface area (Å²) in [5, 5.41) is 2.76. The van der Waals surface area contributed by atoms with Crippen molar-refractivity contribution in [2.75, 3.05) is 0 Å². The van der Waals surface area contributed by atoms with Crippen LogP contribution in [-0.4, -0.2) is 0 Å². The Labute approximate surface area is 114 Å². The summed E-state index contributed by atoms with van der Waals surface area (Å²) >= 11 is 4.61. The first-order valence-corrected chi connectivity index (χ1v) is 7.44. The molecule has 2 aliphatic rings. The highest BCUT2D eigenvalue weighted by Gasteiger charge is 2.46. The highest BCUT2D eigenvalue weighted by Crippen LogP contribution is 2.56. The van der Waals surface area contributed by atoms with Gasteiger partial charge < -0.3 is 0 Å². The summed E-state index contributed by atoms with van der Waals surface area (Å²) in [6.45, 7) is 0. The molecule has 2 aromatic carbocycles. The van der Waals surface area contributed by atoms with Gasteiger partial charge in [-0.3, -0.25) is 0 Å². The second kappa shape index (κ2) is 3.77. The molecule has 4 rings (SSSR count). The maximum absolute atomic E-state index is 4.61. The molecule has 2 aliphatic carbocycles. The first kappa shape index (κ1) is 10.9. The summed E-state index contributed by atoms with van der Waals surface area (Å²) < 4.78 is 0. The Morgan fingerprint density at radius 2 is 1.67 bits per heavy atom. The normalized spacial score (nSPS) is 30.2. The topological polar surface area (TPSA) is 0 Å². The molecule has 0 aromatic heterocycles. The van der Waals surface area contributed by atoms with Gasteiger partial charge in [-0.25, -0.2) is 0 Å². The summed E-state index contributed by atoms with van der Waals surface area (Å²) in [5.41, 5.74) is 2.09. The fraction of sp³-hybridized carbons (Fsp3) is 0.412. The summed E-state index contributed by atoms with van der Waals surface area (Å²) in [4.78, 5) is 1.11. The van der Waals surface area contributed by atoms with Crippen LogP contribution in [0.25, 0.3) is 10.8 Å². The average Bonchev–Trinajstić information content (AvgIpc) is 3.01. The van der Waals surface area contributed by atoms with Crippen LogP contribution in [0, 0.1) is 5.92 Å². The fourth-order valence-electron chi connectivity index (χ4n) is 4.32. The molecule has 2 aromatic rings. The Morgan fingerprint density at radius 1 is 0.944 bits per heavy atom. The molecular weight excluding hydrogens is 236 g/mol. The first-order valence-electron chi connectivity index (χ1n) is 7.00. The maximum Gasteiger partial charge on any atom is 0.0119 e. The van der Waals surface area contributed by atoms with Gasteiger partial charge in [-0.15, -0.1) is 12.6 Å². The molecule has 2 bridgehead atoms. The maximum atomic E-state index is 4.61. The Kier molecular flexibility index (Phi) is 2.29. The van der Waals surface area contributed by atoms with Crippen LogP contribution in [-0.2, 0) is 5.41 Å². The monoisotopic (exact) mass is 254 g/mol. The largest absolute Gasteiger partial charge is 0.143 e. The van der Waals surface area contributed by atoms with Crippen molar-refractivity contribution in [2.45, 2.75) is 42.4 Å². The van der Waals surface area contributed by atoms with E-state index in [9.17, 15) is 0 Å². The van der Waals surface area contributed by atoms with Crippen LogP contribution in [0.2, 0.25) is 0 Å². The van der Waals surface area contributed by atoms with Crippen LogP contribution >= 0.6 is 12.6 Å². The zero-order valence-electron chi connectivity index (χ0n) is 10.5. The van der Waals surface area contributed by atoms with Crippen LogP contribution in [0.5, 0.6) is 0 Å². The predicted molar refractivity (Wildman–Crippen MR) is 79.5 cm³/mol. The van der Waals surface area contributed by atoms with Crippen LogP contribution in [0.15, 0.2) is 41.3 Å². The van der Waals surface area contributed by atoms with E-state index in [2.05, 4.69) is 49.0 Å². The molecule has 0 spiro atoms. The molecule has 2 fully saturated rings. The zero-order chi connectivity index (χ0) is 12.2. The molecule has 0 saturated heterocycles. The van der Waals surface area contributed by atoms with Crippen LogP contribution in [0.4, 0.5) is 0 Å². The quantitative estimate of drug-likeness (QED) is 0.683. The standard InChI is InChI=1S/C17H18S/c18-16-6-5-15(13-3-1-2-4-14(13)16)17-9-7-12(11-17)8-10-17/h1-6,12,18H,7-11H2. The molecule has 1 heteroatoms. The number of hydrogen-bond donors (Lipinski definition) is 1. The lowest BCUT2D eigenvalue weighted by Gasteiger charge is -2.29. The van der Waals surface area contributed by atoms with Crippen LogP contribution in [0.1, 0.15) is 37.7 Å². The Hall–Kier alpha value is -0.950. The number of hydrogen-bond acceptors (Lipinski definition) is 1. The van der Waals surface area contributed by atoms with Gasteiger partial charge >= 0.3 is 0 Å². The molecule has 0 aliphatic heterocycles. The molecular formula is C17H18S.